The first kappa shape index (κ1) is 15.1. The predicted molar refractivity (Wildman–Crippen MR) is 90.5 cm³/mol. The van der Waals surface area contributed by atoms with Gasteiger partial charge in [0.2, 0.25) is 0 Å². The molecule has 3 unspecified atom stereocenters. The summed E-state index contributed by atoms with van der Waals surface area (Å²) in [5.74, 6) is 1.53. The molecule has 2 aromatic rings. The summed E-state index contributed by atoms with van der Waals surface area (Å²) >= 11 is 0. The molecule has 1 heterocycles. The number of aromatic nitrogens is 1. The minimum atomic E-state index is 0.335. The van der Waals surface area contributed by atoms with E-state index in [9.17, 15) is 0 Å². The highest BCUT2D eigenvalue weighted by Gasteiger charge is 2.35. The summed E-state index contributed by atoms with van der Waals surface area (Å²) in [6, 6.07) is 8.84. The molecule has 1 aliphatic rings. The highest BCUT2D eigenvalue weighted by atomic mass is 16.5. The third-order valence-corrected chi connectivity index (χ3v) is 5.13. The molecule has 0 aliphatic heterocycles. The first-order chi connectivity index (χ1) is 10.7. The molecule has 3 atom stereocenters. The Hall–Kier alpha value is -1.77. The van der Waals surface area contributed by atoms with Crippen molar-refractivity contribution >= 4 is 5.69 Å². The summed E-state index contributed by atoms with van der Waals surface area (Å²) in [5.41, 5.74) is 5.16. The van der Waals surface area contributed by atoms with E-state index in [1.807, 2.05) is 6.26 Å². The molecule has 1 aromatic carbocycles. The van der Waals surface area contributed by atoms with Gasteiger partial charge in [-0.15, -0.1) is 0 Å². The predicted octanol–water partition coefficient (Wildman–Crippen LogP) is 4.80. The Morgan fingerprint density at radius 2 is 1.82 bits per heavy atom. The van der Waals surface area contributed by atoms with Gasteiger partial charge in [0.25, 0.3) is 0 Å². The van der Waals surface area contributed by atoms with E-state index in [1.165, 1.54) is 17.5 Å². The Labute approximate surface area is 133 Å². The molecule has 3 rings (SSSR count). The number of hydrogen-bond acceptors (Lipinski definition) is 3. The van der Waals surface area contributed by atoms with Crippen molar-refractivity contribution in [3.8, 4) is 0 Å². The first-order valence-corrected chi connectivity index (χ1v) is 8.45. The van der Waals surface area contributed by atoms with Crippen molar-refractivity contribution in [1.29, 1.82) is 0 Å². The van der Waals surface area contributed by atoms with Gasteiger partial charge in [-0.05, 0) is 43.2 Å². The molecule has 0 N–H and O–H groups in total. The maximum Gasteiger partial charge on any atom is 0.147 e. The number of fused-ring (bicyclic) bond motifs is 1. The number of rotatable bonds is 4. The normalized spacial score (nSPS) is 24.1. The second kappa shape index (κ2) is 6.15. The van der Waals surface area contributed by atoms with Crippen molar-refractivity contribution in [3.05, 3.63) is 47.3 Å². The molecular formula is C19H26N2O. The average Bonchev–Trinajstić information content (AvgIpc) is 2.98. The van der Waals surface area contributed by atoms with Crippen LogP contribution in [-0.2, 0) is 0 Å². The van der Waals surface area contributed by atoms with Crippen molar-refractivity contribution in [2.75, 3.05) is 18.0 Å². The van der Waals surface area contributed by atoms with Gasteiger partial charge in [-0.1, -0.05) is 43.3 Å². The number of benzene rings is 1. The third-order valence-electron chi connectivity index (χ3n) is 5.13. The van der Waals surface area contributed by atoms with Gasteiger partial charge in [0.15, 0.2) is 0 Å². The van der Waals surface area contributed by atoms with Crippen molar-refractivity contribution in [1.82, 2.24) is 5.16 Å². The molecule has 0 radical (unpaired) electrons. The van der Waals surface area contributed by atoms with Crippen molar-refractivity contribution in [3.63, 3.8) is 0 Å². The summed E-state index contributed by atoms with van der Waals surface area (Å²) in [6.07, 6.45) is 3.02. The zero-order chi connectivity index (χ0) is 15.7. The molecule has 1 aliphatic carbocycles. The molecule has 0 fully saturated rings. The van der Waals surface area contributed by atoms with Crippen LogP contribution in [0.2, 0.25) is 0 Å². The summed E-state index contributed by atoms with van der Waals surface area (Å²) in [7, 11) is 0. The van der Waals surface area contributed by atoms with Gasteiger partial charge in [-0.2, -0.15) is 0 Å². The summed E-state index contributed by atoms with van der Waals surface area (Å²) in [4.78, 5) is 2.33. The van der Waals surface area contributed by atoms with Crippen LogP contribution in [0.5, 0.6) is 0 Å². The monoisotopic (exact) mass is 298 g/mol. The van der Waals surface area contributed by atoms with Gasteiger partial charge in [0, 0.05) is 19.0 Å². The summed E-state index contributed by atoms with van der Waals surface area (Å²) in [5, 5.41) is 4.41. The van der Waals surface area contributed by atoms with Crippen LogP contribution in [0.4, 0.5) is 5.69 Å². The quantitative estimate of drug-likeness (QED) is 0.812. The molecule has 3 nitrogen and oxygen atoms in total. The average molecular weight is 298 g/mol. The zero-order valence-corrected chi connectivity index (χ0v) is 14.0. The van der Waals surface area contributed by atoms with Crippen molar-refractivity contribution in [2.45, 2.75) is 46.0 Å². The number of nitrogens with zero attached hydrogens (tertiary/aromatic N) is 2. The largest absolute Gasteiger partial charge is 0.368 e. The van der Waals surface area contributed by atoms with Crippen LogP contribution < -0.4 is 4.90 Å². The maximum atomic E-state index is 5.38. The maximum absolute atomic E-state index is 5.38. The molecule has 22 heavy (non-hydrogen) atoms. The third kappa shape index (κ3) is 2.43. The molecule has 0 amide bonds. The Balaban J connectivity index is 2.09. The van der Waals surface area contributed by atoms with E-state index in [-0.39, 0.29) is 0 Å². The molecular weight excluding hydrogens is 272 g/mol. The highest BCUT2D eigenvalue weighted by Crippen LogP contribution is 2.47. The molecule has 0 spiro atoms. The van der Waals surface area contributed by atoms with Crippen molar-refractivity contribution in [2.24, 2.45) is 5.92 Å². The molecule has 0 saturated carbocycles. The van der Waals surface area contributed by atoms with E-state index in [0.29, 0.717) is 17.8 Å². The smallest absolute Gasteiger partial charge is 0.147 e. The SMILES string of the molecule is CCN(CC)c1conc1C1c2ccccc2C(C)CC1C. The molecule has 3 heteroatoms. The van der Waals surface area contributed by atoms with Crippen LogP contribution >= 0.6 is 0 Å². The van der Waals surface area contributed by atoms with Crippen LogP contribution in [0.25, 0.3) is 0 Å². The van der Waals surface area contributed by atoms with E-state index < -0.39 is 0 Å². The highest BCUT2D eigenvalue weighted by molar-refractivity contribution is 5.54. The minimum Gasteiger partial charge on any atom is -0.368 e. The summed E-state index contributed by atoms with van der Waals surface area (Å²) in [6.45, 7) is 11.0. The fourth-order valence-corrected chi connectivity index (χ4v) is 4.04. The Bertz CT molecular complexity index is 630. The first-order valence-electron chi connectivity index (χ1n) is 8.45. The van der Waals surface area contributed by atoms with E-state index >= 15 is 0 Å². The van der Waals surface area contributed by atoms with Gasteiger partial charge in [-0.25, -0.2) is 0 Å². The lowest BCUT2D eigenvalue weighted by molar-refractivity contribution is 0.367. The van der Waals surface area contributed by atoms with Gasteiger partial charge in [-0.3, -0.25) is 0 Å². The van der Waals surface area contributed by atoms with Gasteiger partial charge >= 0.3 is 0 Å². The van der Waals surface area contributed by atoms with E-state index in [0.717, 1.165) is 24.5 Å². The standard InChI is InChI=1S/C19H26N2O/c1-5-21(6-2)17-12-22-20-19(17)18-14(4)11-13(3)15-9-7-8-10-16(15)18/h7-10,12-14,18H,5-6,11H2,1-4H3. The fraction of sp³-hybridized carbons (Fsp3) is 0.526. The number of anilines is 1. The van der Waals surface area contributed by atoms with E-state index in [2.05, 4.69) is 62.0 Å². The van der Waals surface area contributed by atoms with Gasteiger partial charge in [0.05, 0.1) is 0 Å². The lowest BCUT2D eigenvalue weighted by Crippen LogP contribution is -2.27. The topological polar surface area (TPSA) is 29.3 Å². The number of hydrogen-bond donors (Lipinski definition) is 0. The van der Waals surface area contributed by atoms with Crippen LogP contribution in [0.15, 0.2) is 35.1 Å². The lowest BCUT2D eigenvalue weighted by atomic mass is 9.70. The zero-order valence-electron chi connectivity index (χ0n) is 14.0. The van der Waals surface area contributed by atoms with Crippen molar-refractivity contribution < 1.29 is 4.52 Å². The Morgan fingerprint density at radius 3 is 2.50 bits per heavy atom. The van der Waals surface area contributed by atoms with Gasteiger partial charge < -0.3 is 9.42 Å². The minimum absolute atomic E-state index is 0.335. The second-order valence-corrected chi connectivity index (χ2v) is 6.48. The molecule has 1 aromatic heterocycles. The molecule has 118 valence electrons. The van der Waals surface area contributed by atoms with Gasteiger partial charge in [0.1, 0.15) is 17.6 Å². The second-order valence-electron chi connectivity index (χ2n) is 6.48. The fourth-order valence-electron chi connectivity index (χ4n) is 4.04. The van der Waals surface area contributed by atoms with Crippen LogP contribution in [0.1, 0.15) is 62.8 Å². The van der Waals surface area contributed by atoms with E-state index in [1.54, 1.807) is 0 Å². The van der Waals surface area contributed by atoms with Crippen LogP contribution in [-0.4, -0.2) is 18.2 Å². The molecule has 0 bridgehead atoms. The Kier molecular flexibility index (Phi) is 4.23. The lowest BCUT2D eigenvalue weighted by Gasteiger charge is -2.35. The molecule has 0 saturated heterocycles. The summed E-state index contributed by atoms with van der Waals surface area (Å²) < 4.78 is 5.38. The van der Waals surface area contributed by atoms with E-state index in [4.69, 9.17) is 4.52 Å². The van der Waals surface area contributed by atoms with Crippen LogP contribution in [0.3, 0.4) is 0 Å². The van der Waals surface area contributed by atoms with Crippen LogP contribution in [0, 0.1) is 5.92 Å². The Morgan fingerprint density at radius 1 is 1.14 bits per heavy atom.